The Morgan fingerprint density at radius 2 is 1.19 bits per heavy atom. The number of alkyl halides is 6. The van der Waals surface area contributed by atoms with Gasteiger partial charge in [-0.2, -0.15) is 0 Å². The van der Waals surface area contributed by atoms with Crippen molar-refractivity contribution in [3.8, 4) is 0 Å². The highest BCUT2D eigenvalue weighted by Crippen LogP contribution is 2.49. The van der Waals surface area contributed by atoms with Gasteiger partial charge in [-0.25, -0.2) is 0 Å². The van der Waals surface area contributed by atoms with Crippen LogP contribution in [0.5, 0.6) is 0 Å². The minimum Gasteiger partial charge on any atom is -0.0985 e. The van der Waals surface area contributed by atoms with Crippen LogP contribution < -0.4 is 0 Å². The molecule has 0 nitrogen and oxygen atoms in total. The van der Waals surface area contributed by atoms with Crippen LogP contribution in [0.15, 0.2) is 24.8 Å². The molecular weight excluding hydrogens is 600 g/mol. The maximum atomic E-state index is 3.79. The maximum absolute atomic E-state index is 3.79. The van der Waals surface area contributed by atoms with Gasteiger partial charge >= 0.3 is 0 Å². The SMILES string of the molecule is C=Cc1cc(C(Br)(Br)Br)cc(C(Br)(Br)Br)c1. The van der Waals surface area contributed by atoms with Crippen molar-refractivity contribution in [3.63, 3.8) is 0 Å². The lowest BCUT2D eigenvalue weighted by atomic mass is 10.1. The molecule has 0 aliphatic heterocycles. The average Bonchev–Trinajstić information content (AvgIpc) is 2.14. The third-order valence-electron chi connectivity index (χ3n) is 1.85. The number of hydrogen-bond donors (Lipinski definition) is 0. The molecule has 0 bridgehead atoms. The Balaban J connectivity index is 3.39. The van der Waals surface area contributed by atoms with Crippen LogP contribution in [0.25, 0.3) is 6.08 Å². The van der Waals surface area contributed by atoms with E-state index in [1.54, 1.807) is 0 Å². The van der Waals surface area contributed by atoms with Crippen molar-refractivity contribution in [3.05, 3.63) is 41.5 Å². The molecule has 0 saturated heterocycles. The predicted octanol–water partition coefficient (Wildman–Crippen LogP) is 6.92. The highest BCUT2D eigenvalue weighted by atomic mass is 80.0. The molecule has 0 radical (unpaired) electrons. The fraction of sp³-hybridized carbons (Fsp3) is 0.200. The Kier molecular flexibility index (Phi) is 5.83. The molecule has 0 fully saturated rings. The molecular formula is C10H6Br6. The molecule has 88 valence electrons. The summed E-state index contributed by atoms with van der Waals surface area (Å²) in [4.78, 5) is 0. The van der Waals surface area contributed by atoms with Gasteiger partial charge in [-0.15, -0.1) is 0 Å². The molecule has 0 unspecified atom stereocenters. The Morgan fingerprint density at radius 1 is 0.812 bits per heavy atom. The van der Waals surface area contributed by atoms with Crippen LogP contribution in [0.1, 0.15) is 16.7 Å². The van der Waals surface area contributed by atoms with Crippen LogP contribution in [-0.4, -0.2) is 0 Å². The normalized spacial score (nSPS) is 12.6. The van der Waals surface area contributed by atoms with Gasteiger partial charge in [-0.05, 0) is 34.9 Å². The molecule has 16 heavy (non-hydrogen) atoms. The molecule has 1 aromatic carbocycles. The third kappa shape index (κ3) is 4.50. The second-order valence-electron chi connectivity index (χ2n) is 3.04. The smallest absolute Gasteiger partial charge is 0.0985 e. The minimum absolute atomic E-state index is 0.432. The van der Waals surface area contributed by atoms with Crippen LogP contribution >= 0.6 is 95.6 Å². The lowest BCUT2D eigenvalue weighted by Crippen LogP contribution is -2.04. The van der Waals surface area contributed by atoms with Gasteiger partial charge in [0.2, 0.25) is 0 Å². The largest absolute Gasteiger partial charge is 0.159 e. The third-order valence-corrected chi connectivity index (χ3v) is 4.59. The van der Waals surface area contributed by atoms with Crippen molar-refractivity contribution in [2.75, 3.05) is 0 Å². The van der Waals surface area contributed by atoms with Gasteiger partial charge in [0.05, 0.1) is 0 Å². The van der Waals surface area contributed by atoms with Gasteiger partial charge in [0.25, 0.3) is 0 Å². The van der Waals surface area contributed by atoms with E-state index in [1.807, 2.05) is 24.3 Å². The summed E-state index contributed by atoms with van der Waals surface area (Å²) in [5.41, 5.74) is 3.13. The van der Waals surface area contributed by atoms with E-state index >= 15 is 0 Å². The van der Waals surface area contributed by atoms with Gasteiger partial charge in [0, 0.05) is 0 Å². The summed E-state index contributed by atoms with van der Waals surface area (Å²) in [6, 6.07) is 6.12. The lowest BCUT2D eigenvalue weighted by Gasteiger charge is -2.19. The number of halogens is 6. The molecule has 1 rings (SSSR count). The number of benzene rings is 1. The van der Waals surface area contributed by atoms with E-state index in [0.717, 1.165) is 16.7 Å². The Labute approximate surface area is 145 Å². The van der Waals surface area contributed by atoms with Crippen molar-refractivity contribution < 1.29 is 0 Å². The van der Waals surface area contributed by atoms with Gasteiger partial charge in [-0.3, -0.25) is 0 Å². The van der Waals surface area contributed by atoms with Crippen molar-refractivity contribution in [1.29, 1.82) is 0 Å². The quantitative estimate of drug-likeness (QED) is 0.305. The number of hydrogen-bond acceptors (Lipinski definition) is 0. The second-order valence-corrected chi connectivity index (χ2v) is 16.6. The molecule has 0 aliphatic carbocycles. The predicted molar refractivity (Wildman–Crippen MR) is 93.5 cm³/mol. The number of rotatable bonds is 1. The lowest BCUT2D eigenvalue weighted by molar-refractivity contribution is 1.28. The van der Waals surface area contributed by atoms with Crippen molar-refractivity contribution >= 4 is 102 Å². The summed E-state index contributed by atoms with van der Waals surface area (Å²) in [7, 11) is 0. The molecule has 1 aromatic rings. The van der Waals surface area contributed by atoms with Crippen molar-refractivity contribution in [1.82, 2.24) is 0 Å². The Morgan fingerprint density at radius 3 is 1.44 bits per heavy atom. The summed E-state index contributed by atoms with van der Waals surface area (Å²) < 4.78 is -0.863. The van der Waals surface area contributed by atoms with E-state index < -0.39 is 4.29 Å². The fourth-order valence-electron chi connectivity index (χ4n) is 1.10. The van der Waals surface area contributed by atoms with E-state index in [0.29, 0.717) is 0 Å². The molecule has 0 aliphatic rings. The topological polar surface area (TPSA) is 0 Å². The van der Waals surface area contributed by atoms with Crippen LogP contribution in [0.2, 0.25) is 0 Å². The first-order valence-electron chi connectivity index (χ1n) is 4.06. The summed E-state index contributed by atoms with van der Waals surface area (Å²) >= 11 is 21.0. The standard InChI is InChI=1S/C10H6Br6/c1-2-6-3-7(9(11,12)13)5-8(4-6)10(14,15)16/h2-5H,1H2. The van der Waals surface area contributed by atoms with Crippen LogP contribution in [-0.2, 0) is 4.29 Å². The van der Waals surface area contributed by atoms with Crippen LogP contribution in [0, 0.1) is 0 Å². The minimum atomic E-state index is -0.432. The zero-order valence-electron chi connectivity index (χ0n) is 7.78. The highest BCUT2D eigenvalue weighted by molar-refractivity contribution is 9.39. The zero-order chi connectivity index (χ0) is 12.6. The van der Waals surface area contributed by atoms with E-state index in [2.05, 4.69) is 102 Å². The summed E-state index contributed by atoms with van der Waals surface area (Å²) in [5.74, 6) is 0. The molecule has 6 heteroatoms. The van der Waals surface area contributed by atoms with Gasteiger partial charge in [0.15, 0.2) is 4.29 Å². The zero-order valence-corrected chi connectivity index (χ0v) is 17.3. The van der Waals surface area contributed by atoms with Gasteiger partial charge in [0.1, 0.15) is 0 Å². The van der Waals surface area contributed by atoms with E-state index in [1.165, 1.54) is 0 Å². The van der Waals surface area contributed by atoms with Crippen LogP contribution in [0.3, 0.4) is 0 Å². The van der Waals surface area contributed by atoms with Crippen molar-refractivity contribution in [2.24, 2.45) is 0 Å². The fourth-order valence-corrected chi connectivity index (χ4v) is 2.47. The maximum Gasteiger partial charge on any atom is 0.159 e. The molecule has 0 spiro atoms. The van der Waals surface area contributed by atoms with Crippen molar-refractivity contribution in [2.45, 2.75) is 4.29 Å². The van der Waals surface area contributed by atoms with Gasteiger partial charge < -0.3 is 0 Å². The van der Waals surface area contributed by atoms with Gasteiger partial charge in [-0.1, -0.05) is 108 Å². The molecule has 0 amide bonds. The molecule has 0 heterocycles. The van der Waals surface area contributed by atoms with Crippen LogP contribution in [0.4, 0.5) is 0 Å². The Bertz CT molecular complexity index is 367. The molecule has 0 aromatic heterocycles. The Hall–Kier alpha value is 1.84. The molecule has 0 N–H and O–H groups in total. The van der Waals surface area contributed by atoms with E-state index in [-0.39, 0.29) is 0 Å². The second kappa shape index (κ2) is 5.87. The first-order valence-corrected chi connectivity index (χ1v) is 8.82. The van der Waals surface area contributed by atoms with E-state index in [9.17, 15) is 0 Å². The first-order chi connectivity index (χ1) is 7.14. The van der Waals surface area contributed by atoms with E-state index in [4.69, 9.17) is 0 Å². The summed E-state index contributed by atoms with van der Waals surface area (Å²) in [6.07, 6.45) is 1.81. The monoisotopic (exact) mass is 600 g/mol. The summed E-state index contributed by atoms with van der Waals surface area (Å²) in [6.45, 7) is 3.79. The highest BCUT2D eigenvalue weighted by Gasteiger charge is 2.26. The first kappa shape index (κ1) is 15.9. The molecule has 0 saturated carbocycles. The summed E-state index contributed by atoms with van der Waals surface area (Å²) in [5, 5.41) is 0. The molecule has 0 atom stereocenters. The average molecular weight is 606 g/mol.